The Morgan fingerprint density at radius 2 is 2.06 bits per heavy atom. The average molecular weight is 251 g/mol. The van der Waals surface area contributed by atoms with Gasteiger partial charge in [-0.05, 0) is 39.4 Å². The minimum Gasteiger partial charge on any atom is -0.384 e. The van der Waals surface area contributed by atoms with E-state index in [1.165, 1.54) is 12.7 Å². The highest BCUT2D eigenvalue weighted by atomic mass is 15.1. The monoisotopic (exact) mass is 251 g/mol. The number of hydrogen-bond acceptors (Lipinski definition) is 5. The van der Waals surface area contributed by atoms with Crippen LogP contribution in [0.4, 0.5) is 11.6 Å². The van der Waals surface area contributed by atoms with Gasteiger partial charge in [0.15, 0.2) is 0 Å². The van der Waals surface area contributed by atoms with E-state index in [2.05, 4.69) is 41.0 Å². The Kier molecular flexibility index (Phi) is 6.43. The molecule has 0 radical (unpaired) electrons. The van der Waals surface area contributed by atoms with E-state index in [1.807, 2.05) is 0 Å². The standard InChI is InChI=1S/C13H25N5/c1-4-18(5-2)8-6-7-11(3)17-13-9-12(14)15-10-16-13/h9-11H,4-8H2,1-3H3,(H3,14,15,16,17). The minimum atomic E-state index is 0.398. The predicted molar refractivity (Wildman–Crippen MR) is 76.6 cm³/mol. The van der Waals surface area contributed by atoms with E-state index < -0.39 is 0 Å². The maximum absolute atomic E-state index is 5.61. The van der Waals surface area contributed by atoms with Gasteiger partial charge in [-0.25, -0.2) is 9.97 Å². The van der Waals surface area contributed by atoms with Crippen LogP contribution in [0.3, 0.4) is 0 Å². The summed E-state index contributed by atoms with van der Waals surface area (Å²) in [5, 5.41) is 3.34. The summed E-state index contributed by atoms with van der Waals surface area (Å²) < 4.78 is 0. The van der Waals surface area contributed by atoms with Gasteiger partial charge in [0.05, 0.1) is 0 Å². The van der Waals surface area contributed by atoms with E-state index in [1.54, 1.807) is 6.07 Å². The van der Waals surface area contributed by atoms with E-state index in [-0.39, 0.29) is 0 Å². The summed E-state index contributed by atoms with van der Waals surface area (Å²) in [6.07, 6.45) is 3.80. The largest absolute Gasteiger partial charge is 0.384 e. The van der Waals surface area contributed by atoms with E-state index in [0.29, 0.717) is 11.9 Å². The summed E-state index contributed by atoms with van der Waals surface area (Å²) >= 11 is 0. The number of nitrogen functional groups attached to an aromatic ring is 1. The van der Waals surface area contributed by atoms with Crippen molar-refractivity contribution in [3.63, 3.8) is 0 Å². The molecule has 102 valence electrons. The lowest BCUT2D eigenvalue weighted by atomic mass is 10.1. The zero-order valence-electron chi connectivity index (χ0n) is 11.7. The molecule has 0 aromatic carbocycles. The SMILES string of the molecule is CCN(CC)CCCC(C)Nc1cc(N)ncn1. The molecule has 0 aliphatic carbocycles. The topological polar surface area (TPSA) is 67.1 Å². The molecule has 1 heterocycles. The van der Waals surface area contributed by atoms with E-state index in [9.17, 15) is 0 Å². The van der Waals surface area contributed by atoms with Gasteiger partial charge in [0.1, 0.15) is 18.0 Å². The Morgan fingerprint density at radius 3 is 2.67 bits per heavy atom. The molecule has 1 aromatic rings. The van der Waals surface area contributed by atoms with Gasteiger partial charge < -0.3 is 16.0 Å². The highest BCUT2D eigenvalue weighted by molar-refractivity contribution is 5.43. The second-order valence-corrected chi connectivity index (χ2v) is 4.54. The van der Waals surface area contributed by atoms with Crippen molar-refractivity contribution in [1.82, 2.24) is 14.9 Å². The number of nitrogens with one attached hydrogen (secondary N) is 1. The van der Waals surface area contributed by atoms with Crippen molar-refractivity contribution in [2.45, 2.75) is 39.7 Å². The summed E-state index contributed by atoms with van der Waals surface area (Å²) in [6, 6.07) is 2.16. The van der Waals surface area contributed by atoms with Crippen molar-refractivity contribution >= 4 is 11.6 Å². The maximum Gasteiger partial charge on any atom is 0.131 e. The van der Waals surface area contributed by atoms with E-state index in [0.717, 1.165) is 31.9 Å². The lowest BCUT2D eigenvalue weighted by Gasteiger charge is -2.20. The first kappa shape index (κ1) is 14.7. The number of nitrogens with zero attached hydrogens (tertiary/aromatic N) is 3. The van der Waals surface area contributed by atoms with Crippen molar-refractivity contribution in [3.05, 3.63) is 12.4 Å². The van der Waals surface area contributed by atoms with Gasteiger partial charge in [-0.3, -0.25) is 0 Å². The third-order valence-corrected chi connectivity index (χ3v) is 3.09. The van der Waals surface area contributed by atoms with Gasteiger partial charge in [-0.2, -0.15) is 0 Å². The molecule has 0 aliphatic heterocycles. The van der Waals surface area contributed by atoms with Gasteiger partial charge in [-0.1, -0.05) is 13.8 Å². The molecule has 1 unspecified atom stereocenters. The third kappa shape index (κ3) is 5.31. The summed E-state index contributed by atoms with van der Waals surface area (Å²) in [7, 11) is 0. The van der Waals surface area contributed by atoms with Crippen LogP contribution in [0.25, 0.3) is 0 Å². The Bertz CT molecular complexity index is 338. The van der Waals surface area contributed by atoms with E-state index >= 15 is 0 Å². The van der Waals surface area contributed by atoms with Crippen LogP contribution in [0.1, 0.15) is 33.6 Å². The third-order valence-electron chi connectivity index (χ3n) is 3.09. The molecule has 3 N–H and O–H groups in total. The molecule has 0 spiro atoms. The molecular formula is C13H25N5. The summed E-state index contributed by atoms with van der Waals surface area (Å²) in [5.74, 6) is 1.31. The normalized spacial score (nSPS) is 12.7. The summed E-state index contributed by atoms with van der Waals surface area (Å²) in [6.45, 7) is 9.98. The first-order chi connectivity index (χ1) is 8.65. The molecule has 18 heavy (non-hydrogen) atoms. The van der Waals surface area contributed by atoms with Gasteiger partial charge in [-0.15, -0.1) is 0 Å². The Labute approximate surface area is 110 Å². The van der Waals surface area contributed by atoms with Crippen LogP contribution in [-0.4, -0.2) is 40.5 Å². The van der Waals surface area contributed by atoms with Crippen LogP contribution in [-0.2, 0) is 0 Å². The highest BCUT2D eigenvalue weighted by Crippen LogP contribution is 2.09. The molecule has 1 atom stereocenters. The summed E-state index contributed by atoms with van der Waals surface area (Å²) in [5.41, 5.74) is 5.61. The van der Waals surface area contributed by atoms with Crippen LogP contribution >= 0.6 is 0 Å². The zero-order valence-corrected chi connectivity index (χ0v) is 11.7. The van der Waals surface area contributed by atoms with Crippen molar-refractivity contribution in [1.29, 1.82) is 0 Å². The molecule has 0 saturated carbocycles. The van der Waals surface area contributed by atoms with Crippen molar-refractivity contribution in [2.24, 2.45) is 0 Å². The Balaban J connectivity index is 2.27. The number of hydrogen-bond donors (Lipinski definition) is 2. The van der Waals surface area contributed by atoms with Crippen LogP contribution in [0.5, 0.6) is 0 Å². The van der Waals surface area contributed by atoms with Gasteiger partial charge >= 0.3 is 0 Å². The second-order valence-electron chi connectivity index (χ2n) is 4.54. The molecule has 0 fully saturated rings. The second kappa shape index (κ2) is 7.87. The molecule has 0 saturated heterocycles. The van der Waals surface area contributed by atoms with Crippen molar-refractivity contribution in [2.75, 3.05) is 30.7 Å². The first-order valence-corrected chi connectivity index (χ1v) is 6.72. The van der Waals surface area contributed by atoms with Crippen LogP contribution in [0.2, 0.25) is 0 Å². The van der Waals surface area contributed by atoms with Gasteiger partial charge in [0, 0.05) is 12.1 Å². The number of aromatic nitrogens is 2. The van der Waals surface area contributed by atoms with Crippen LogP contribution in [0, 0.1) is 0 Å². The summed E-state index contributed by atoms with van der Waals surface area (Å²) in [4.78, 5) is 10.5. The minimum absolute atomic E-state index is 0.398. The quantitative estimate of drug-likeness (QED) is 0.739. The van der Waals surface area contributed by atoms with Crippen LogP contribution < -0.4 is 11.1 Å². The number of nitrogens with two attached hydrogens (primary N) is 1. The van der Waals surface area contributed by atoms with Gasteiger partial charge in [0.25, 0.3) is 0 Å². The number of anilines is 2. The Morgan fingerprint density at radius 1 is 1.33 bits per heavy atom. The molecule has 5 nitrogen and oxygen atoms in total. The lowest BCUT2D eigenvalue weighted by Crippen LogP contribution is -2.25. The van der Waals surface area contributed by atoms with Crippen molar-refractivity contribution < 1.29 is 0 Å². The Hall–Kier alpha value is -1.36. The fraction of sp³-hybridized carbons (Fsp3) is 0.692. The van der Waals surface area contributed by atoms with Gasteiger partial charge in [0.2, 0.25) is 0 Å². The lowest BCUT2D eigenvalue weighted by molar-refractivity contribution is 0.295. The fourth-order valence-corrected chi connectivity index (χ4v) is 1.94. The van der Waals surface area contributed by atoms with E-state index in [4.69, 9.17) is 5.73 Å². The molecule has 0 amide bonds. The zero-order chi connectivity index (χ0) is 13.4. The number of rotatable bonds is 8. The molecule has 0 bridgehead atoms. The maximum atomic E-state index is 5.61. The smallest absolute Gasteiger partial charge is 0.131 e. The fourth-order valence-electron chi connectivity index (χ4n) is 1.94. The van der Waals surface area contributed by atoms with Crippen LogP contribution in [0.15, 0.2) is 12.4 Å². The molecular weight excluding hydrogens is 226 g/mol. The van der Waals surface area contributed by atoms with Crippen molar-refractivity contribution in [3.8, 4) is 0 Å². The highest BCUT2D eigenvalue weighted by Gasteiger charge is 2.05. The molecule has 1 aromatic heterocycles. The molecule has 0 aliphatic rings. The predicted octanol–water partition coefficient (Wildman–Crippen LogP) is 1.98. The average Bonchev–Trinajstić information content (AvgIpc) is 2.34. The first-order valence-electron chi connectivity index (χ1n) is 6.72. The molecule has 1 rings (SSSR count). The molecule has 5 heteroatoms.